The molecule has 0 radical (unpaired) electrons. The van der Waals surface area contributed by atoms with Crippen LogP contribution in [0.1, 0.15) is 94.3 Å². The highest BCUT2D eigenvalue weighted by molar-refractivity contribution is 6.32. The number of aromatic hydroxyl groups is 1. The van der Waals surface area contributed by atoms with Gasteiger partial charge in [-0.2, -0.15) is 0 Å². The second kappa shape index (κ2) is 11.7. The van der Waals surface area contributed by atoms with Crippen molar-refractivity contribution in [2.45, 2.75) is 92.1 Å². The third-order valence-electron chi connectivity index (χ3n) is 11.1. The lowest BCUT2D eigenvalue weighted by Gasteiger charge is -2.61. The minimum absolute atomic E-state index is 0.0184. The number of rotatable bonds is 8. The molecule has 3 aliphatic rings. The molecule has 242 valence electrons. The number of benzene rings is 2. The second-order valence-corrected chi connectivity index (χ2v) is 14.6. The van der Waals surface area contributed by atoms with Crippen LogP contribution in [0.5, 0.6) is 5.75 Å². The summed E-state index contributed by atoms with van der Waals surface area (Å²) in [5, 5.41) is 23.3. The average molecular weight is 625 g/mol. The Kier molecular flexibility index (Phi) is 8.53. The summed E-state index contributed by atoms with van der Waals surface area (Å²) in [6.45, 7) is 10.1. The fraction of sp³-hybridized carbons (Fsp3) is 0.513. The van der Waals surface area contributed by atoms with Crippen LogP contribution < -0.4 is 0 Å². The number of fused-ring (bicyclic) bond motifs is 3. The predicted molar refractivity (Wildman–Crippen MR) is 174 cm³/mol. The van der Waals surface area contributed by atoms with E-state index in [1.165, 1.54) is 6.07 Å². The maximum absolute atomic E-state index is 14.5. The van der Waals surface area contributed by atoms with E-state index >= 15 is 0 Å². The minimum atomic E-state index is -2.71. The first kappa shape index (κ1) is 33.5. The van der Waals surface area contributed by atoms with Crippen LogP contribution in [0.4, 0.5) is 0 Å². The van der Waals surface area contributed by atoms with Gasteiger partial charge in [0.05, 0.1) is 11.5 Å². The van der Waals surface area contributed by atoms with Crippen molar-refractivity contribution in [3.63, 3.8) is 0 Å². The van der Waals surface area contributed by atoms with E-state index in [0.29, 0.717) is 12.0 Å². The van der Waals surface area contributed by atoms with E-state index in [1.54, 1.807) is 27.7 Å². The van der Waals surface area contributed by atoms with E-state index < -0.39 is 69.0 Å². The molecule has 6 atom stereocenters. The molecule has 0 spiro atoms. The summed E-state index contributed by atoms with van der Waals surface area (Å²) in [7, 11) is 0. The van der Waals surface area contributed by atoms with Crippen LogP contribution in [0.15, 0.2) is 30.3 Å². The van der Waals surface area contributed by atoms with Gasteiger partial charge < -0.3 is 10.2 Å². The molecule has 0 saturated heterocycles. The molecule has 5 rings (SSSR count). The van der Waals surface area contributed by atoms with Gasteiger partial charge in [0.2, 0.25) is 0 Å². The highest BCUT2D eigenvalue weighted by Crippen LogP contribution is 2.64. The number of phenols is 1. The van der Waals surface area contributed by atoms with Crippen LogP contribution in [0.25, 0.3) is 11.1 Å². The summed E-state index contributed by atoms with van der Waals surface area (Å²) in [5.41, 5.74) is -0.784. The standard InChI is InChI=1S/C39H44O7/c1-8-10-11-12-13-23-14-15-24(9-2)26(18-23)25-16-17-28(41)30-27(25)19-37(6)20-38(7)31(21(3)4)33(42)29(22(5)40)35(44)39(38,46)36(45)32(37)34(30)43/h1,14-18,21,29,31-32,41,46H,9-13,19-20H2,2-7H3/t29?,31?,32?,37-,38-,39+/m1/s1. The van der Waals surface area contributed by atoms with Gasteiger partial charge in [-0.25, -0.2) is 0 Å². The maximum Gasteiger partial charge on any atom is 0.190 e. The van der Waals surface area contributed by atoms with E-state index in [4.69, 9.17) is 6.42 Å². The lowest BCUT2D eigenvalue weighted by atomic mass is 9.40. The molecule has 0 amide bonds. The lowest BCUT2D eigenvalue weighted by molar-refractivity contribution is -0.205. The molecule has 46 heavy (non-hydrogen) atoms. The molecule has 2 N–H and O–H groups in total. The first-order chi connectivity index (χ1) is 21.6. The van der Waals surface area contributed by atoms with Crippen LogP contribution in [-0.4, -0.2) is 44.7 Å². The third kappa shape index (κ3) is 4.71. The zero-order chi connectivity index (χ0) is 33.9. The highest BCUT2D eigenvalue weighted by Gasteiger charge is 2.76. The van der Waals surface area contributed by atoms with Gasteiger partial charge in [-0.3, -0.25) is 24.0 Å². The summed E-state index contributed by atoms with van der Waals surface area (Å²) in [5.74, 6) is -6.25. The average Bonchev–Trinajstić information content (AvgIpc) is 2.97. The van der Waals surface area contributed by atoms with E-state index in [-0.39, 0.29) is 24.2 Å². The number of ketones is 5. The monoisotopic (exact) mass is 624 g/mol. The topological polar surface area (TPSA) is 126 Å². The summed E-state index contributed by atoms with van der Waals surface area (Å²) >= 11 is 0. The summed E-state index contributed by atoms with van der Waals surface area (Å²) < 4.78 is 0. The van der Waals surface area contributed by atoms with Crippen LogP contribution in [0.3, 0.4) is 0 Å². The fourth-order valence-electron chi connectivity index (χ4n) is 9.28. The Balaban J connectivity index is 1.69. The first-order valence-electron chi connectivity index (χ1n) is 16.4. The Labute approximate surface area is 271 Å². The molecule has 2 aromatic rings. The van der Waals surface area contributed by atoms with E-state index in [2.05, 4.69) is 31.0 Å². The van der Waals surface area contributed by atoms with Crippen LogP contribution in [-0.2, 0) is 38.4 Å². The van der Waals surface area contributed by atoms with E-state index in [1.807, 2.05) is 6.07 Å². The molecular formula is C39H44O7. The summed E-state index contributed by atoms with van der Waals surface area (Å²) in [6, 6.07) is 9.59. The maximum atomic E-state index is 14.5. The van der Waals surface area contributed by atoms with Gasteiger partial charge in [0.15, 0.2) is 28.7 Å². The molecular weight excluding hydrogens is 580 g/mol. The molecule has 3 unspecified atom stereocenters. The van der Waals surface area contributed by atoms with Gasteiger partial charge in [-0.15, -0.1) is 12.3 Å². The molecule has 2 aromatic carbocycles. The molecule has 7 nitrogen and oxygen atoms in total. The number of aryl methyl sites for hydroxylation is 2. The molecule has 0 bridgehead atoms. The van der Waals surface area contributed by atoms with Gasteiger partial charge in [-0.1, -0.05) is 58.9 Å². The van der Waals surface area contributed by atoms with Crippen molar-refractivity contribution in [3.8, 4) is 29.2 Å². The number of hydrogen-bond donors (Lipinski definition) is 2. The molecule has 2 saturated carbocycles. The second-order valence-electron chi connectivity index (χ2n) is 14.6. The highest BCUT2D eigenvalue weighted by atomic mass is 16.3. The largest absolute Gasteiger partial charge is 0.507 e. The predicted octanol–water partition coefficient (Wildman–Crippen LogP) is 5.67. The Morgan fingerprint density at radius 2 is 1.74 bits per heavy atom. The van der Waals surface area contributed by atoms with Gasteiger partial charge in [0, 0.05) is 17.8 Å². The number of carbonyl (C=O) groups excluding carboxylic acids is 5. The number of terminal acetylenes is 1. The van der Waals surface area contributed by atoms with E-state index in [0.717, 1.165) is 54.9 Å². The smallest absolute Gasteiger partial charge is 0.190 e. The van der Waals surface area contributed by atoms with Crippen molar-refractivity contribution < 1.29 is 34.2 Å². The fourth-order valence-corrected chi connectivity index (χ4v) is 9.28. The van der Waals surface area contributed by atoms with Gasteiger partial charge in [0.1, 0.15) is 17.5 Å². The Morgan fingerprint density at radius 3 is 2.35 bits per heavy atom. The van der Waals surface area contributed by atoms with Crippen LogP contribution in [0.2, 0.25) is 0 Å². The first-order valence-corrected chi connectivity index (χ1v) is 16.4. The Bertz CT molecular complexity index is 1710. The van der Waals surface area contributed by atoms with Crippen molar-refractivity contribution >= 4 is 28.9 Å². The van der Waals surface area contributed by atoms with Crippen molar-refractivity contribution in [3.05, 3.63) is 52.6 Å². The number of hydrogen-bond acceptors (Lipinski definition) is 7. The Hall–Kier alpha value is -3.89. The number of unbranched alkanes of at least 4 members (excludes halogenated alkanes) is 2. The molecule has 0 heterocycles. The lowest BCUT2D eigenvalue weighted by Crippen LogP contribution is -2.76. The van der Waals surface area contributed by atoms with Crippen LogP contribution >= 0.6 is 0 Å². The molecule has 7 heteroatoms. The van der Waals surface area contributed by atoms with Crippen molar-refractivity contribution in [2.24, 2.45) is 34.5 Å². The Morgan fingerprint density at radius 1 is 1.04 bits per heavy atom. The minimum Gasteiger partial charge on any atom is -0.507 e. The van der Waals surface area contributed by atoms with E-state index in [9.17, 15) is 34.2 Å². The number of carbonyl (C=O) groups is 5. The van der Waals surface area contributed by atoms with Gasteiger partial charge in [-0.05, 0) is 90.7 Å². The number of Topliss-reactive ketones (excluding diaryl/α,β-unsaturated/α-hetero) is 5. The number of aliphatic hydroxyl groups is 1. The van der Waals surface area contributed by atoms with Gasteiger partial charge in [0.25, 0.3) is 0 Å². The quantitative estimate of drug-likeness (QED) is 0.220. The zero-order valence-electron chi connectivity index (χ0n) is 27.7. The zero-order valence-corrected chi connectivity index (χ0v) is 27.7. The normalized spacial score (nSPS) is 30.5. The van der Waals surface area contributed by atoms with Crippen molar-refractivity contribution in [1.29, 1.82) is 0 Å². The van der Waals surface area contributed by atoms with Crippen molar-refractivity contribution in [2.75, 3.05) is 0 Å². The molecule has 0 aromatic heterocycles. The van der Waals surface area contributed by atoms with Crippen molar-refractivity contribution in [1.82, 2.24) is 0 Å². The number of phenolic OH excluding ortho intramolecular Hbond substituents is 1. The summed E-state index contributed by atoms with van der Waals surface area (Å²) in [6.07, 6.45) is 9.79. The summed E-state index contributed by atoms with van der Waals surface area (Å²) in [4.78, 5) is 69.3. The van der Waals surface area contributed by atoms with Crippen LogP contribution in [0, 0.1) is 46.8 Å². The molecule has 2 fully saturated rings. The molecule has 3 aliphatic carbocycles. The SMILES string of the molecule is C#CCCCCc1ccc(CC)c(-c2ccc(O)c3c2C[C@]2(C)C[C@]4(C)C(C(C)C)C(=O)C(C(C)=O)C(=O)[C@]4(O)C(=O)C2C3=O)c1. The molecule has 0 aliphatic heterocycles. The van der Waals surface area contributed by atoms with Gasteiger partial charge >= 0.3 is 0 Å². The third-order valence-corrected chi connectivity index (χ3v) is 11.1.